The van der Waals surface area contributed by atoms with Gasteiger partial charge in [-0.3, -0.25) is 0 Å². The SMILES string of the molecule is COC(=O)C([NH3+])(CCc1ccccc1)Cc1ccccc1. The minimum atomic E-state index is -0.744. The lowest BCUT2D eigenvalue weighted by Crippen LogP contribution is -2.78. The molecule has 0 saturated carbocycles. The Kier molecular flexibility index (Phi) is 5.12. The monoisotopic (exact) mass is 284 g/mol. The van der Waals surface area contributed by atoms with Crippen LogP contribution in [-0.4, -0.2) is 18.6 Å². The molecule has 0 bridgehead atoms. The molecule has 1 atom stereocenters. The number of methoxy groups -OCH3 is 1. The van der Waals surface area contributed by atoms with Gasteiger partial charge in [0, 0.05) is 12.8 Å². The van der Waals surface area contributed by atoms with Gasteiger partial charge < -0.3 is 10.5 Å². The van der Waals surface area contributed by atoms with E-state index in [1.165, 1.54) is 12.7 Å². The molecular weight excluding hydrogens is 262 g/mol. The van der Waals surface area contributed by atoms with E-state index in [1.807, 2.05) is 48.5 Å². The van der Waals surface area contributed by atoms with E-state index >= 15 is 0 Å². The molecule has 0 aliphatic rings. The molecule has 2 rings (SSSR count). The summed E-state index contributed by atoms with van der Waals surface area (Å²) in [6, 6.07) is 20.1. The van der Waals surface area contributed by atoms with Crippen LogP contribution < -0.4 is 5.73 Å². The first kappa shape index (κ1) is 15.3. The van der Waals surface area contributed by atoms with Crippen molar-refractivity contribution in [2.75, 3.05) is 7.11 Å². The van der Waals surface area contributed by atoms with Crippen molar-refractivity contribution >= 4 is 5.97 Å². The van der Waals surface area contributed by atoms with E-state index in [4.69, 9.17) is 4.74 Å². The zero-order valence-corrected chi connectivity index (χ0v) is 12.4. The molecule has 2 aromatic rings. The first-order valence-corrected chi connectivity index (χ1v) is 7.16. The number of hydrogen-bond acceptors (Lipinski definition) is 2. The minimum Gasteiger partial charge on any atom is -0.464 e. The summed E-state index contributed by atoms with van der Waals surface area (Å²) < 4.78 is 4.97. The number of ether oxygens (including phenoxy) is 1. The van der Waals surface area contributed by atoms with Crippen LogP contribution in [0.25, 0.3) is 0 Å². The van der Waals surface area contributed by atoms with Gasteiger partial charge in [-0.05, 0) is 17.5 Å². The summed E-state index contributed by atoms with van der Waals surface area (Å²) in [7, 11) is 1.43. The highest BCUT2D eigenvalue weighted by Crippen LogP contribution is 2.18. The Hall–Kier alpha value is -2.13. The average Bonchev–Trinajstić information content (AvgIpc) is 2.54. The van der Waals surface area contributed by atoms with Crippen LogP contribution in [0.3, 0.4) is 0 Å². The van der Waals surface area contributed by atoms with E-state index in [-0.39, 0.29) is 5.97 Å². The fourth-order valence-corrected chi connectivity index (χ4v) is 2.49. The van der Waals surface area contributed by atoms with E-state index < -0.39 is 5.54 Å². The predicted octanol–water partition coefficient (Wildman–Crippen LogP) is 2.02. The van der Waals surface area contributed by atoms with Gasteiger partial charge in [-0.25, -0.2) is 4.79 Å². The smallest absolute Gasteiger partial charge is 0.368 e. The number of carbonyl (C=O) groups excluding carboxylic acids is 1. The fourth-order valence-electron chi connectivity index (χ4n) is 2.49. The number of carbonyl (C=O) groups is 1. The molecule has 0 saturated heterocycles. The average molecular weight is 284 g/mol. The molecule has 0 amide bonds. The van der Waals surface area contributed by atoms with Crippen molar-refractivity contribution in [3.63, 3.8) is 0 Å². The lowest BCUT2D eigenvalue weighted by molar-refractivity contribution is -0.463. The van der Waals surface area contributed by atoms with E-state index in [2.05, 4.69) is 17.9 Å². The summed E-state index contributed by atoms with van der Waals surface area (Å²) in [4.78, 5) is 12.2. The van der Waals surface area contributed by atoms with Gasteiger partial charge in [-0.2, -0.15) is 0 Å². The van der Waals surface area contributed by atoms with Gasteiger partial charge >= 0.3 is 5.97 Å². The zero-order valence-electron chi connectivity index (χ0n) is 12.4. The van der Waals surface area contributed by atoms with Gasteiger partial charge in [0.05, 0.1) is 7.11 Å². The topological polar surface area (TPSA) is 53.9 Å². The molecule has 2 aromatic carbocycles. The second kappa shape index (κ2) is 7.04. The van der Waals surface area contributed by atoms with Crippen LogP contribution in [0.2, 0.25) is 0 Å². The van der Waals surface area contributed by atoms with Crippen molar-refractivity contribution in [2.24, 2.45) is 0 Å². The van der Waals surface area contributed by atoms with Gasteiger partial charge in [0.2, 0.25) is 0 Å². The third-order valence-corrected chi connectivity index (χ3v) is 3.74. The van der Waals surface area contributed by atoms with Gasteiger partial charge in [-0.15, -0.1) is 0 Å². The third kappa shape index (κ3) is 4.17. The van der Waals surface area contributed by atoms with Crippen molar-refractivity contribution in [3.05, 3.63) is 71.8 Å². The normalized spacial score (nSPS) is 13.4. The van der Waals surface area contributed by atoms with Crippen LogP contribution in [0.1, 0.15) is 17.5 Å². The molecule has 21 heavy (non-hydrogen) atoms. The Balaban J connectivity index is 2.11. The second-order valence-corrected chi connectivity index (χ2v) is 5.42. The maximum Gasteiger partial charge on any atom is 0.368 e. The molecule has 3 nitrogen and oxygen atoms in total. The highest BCUT2D eigenvalue weighted by atomic mass is 16.5. The van der Waals surface area contributed by atoms with Crippen LogP contribution in [0.4, 0.5) is 0 Å². The maximum atomic E-state index is 12.2. The first-order chi connectivity index (χ1) is 10.1. The lowest BCUT2D eigenvalue weighted by atomic mass is 9.86. The number of rotatable bonds is 6. The van der Waals surface area contributed by atoms with E-state index in [0.717, 1.165) is 12.0 Å². The molecule has 0 aromatic heterocycles. The van der Waals surface area contributed by atoms with E-state index in [9.17, 15) is 4.79 Å². The van der Waals surface area contributed by atoms with Crippen molar-refractivity contribution in [3.8, 4) is 0 Å². The van der Waals surface area contributed by atoms with Gasteiger partial charge in [-0.1, -0.05) is 60.7 Å². The molecule has 0 aliphatic carbocycles. The Morgan fingerprint density at radius 2 is 1.52 bits per heavy atom. The predicted molar refractivity (Wildman–Crippen MR) is 82.5 cm³/mol. The molecule has 3 N–H and O–H groups in total. The highest BCUT2D eigenvalue weighted by Gasteiger charge is 2.39. The summed E-state index contributed by atoms with van der Waals surface area (Å²) in [6.45, 7) is 0. The van der Waals surface area contributed by atoms with Crippen molar-refractivity contribution in [1.82, 2.24) is 0 Å². The van der Waals surface area contributed by atoms with E-state index in [0.29, 0.717) is 12.8 Å². The summed E-state index contributed by atoms with van der Waals surface area (Å²) in [5.41, 5.74) is 5.75. The zero-order chi connectivity index (χ0) is 15.1. The summed E-state index contributed by atoms with van der Waals surface area (Å²) >= 11 is 0. The molecule has 3 heteroatoms. The summed E-state index contributed by atoms with van der Waals surface area (Å²) in [5, 5.41) is 0. The van der Waals surface area contributed by atoms with Crippen molar-refractivity contribution < 1.29 is 15.3 Å². The summed E-state index contributed by atoms with van der Waals surface area (Å²) in [5.74, 6) is -0.248. The second-order valence-electron chi connectivity index (χ2n) is 5.42. The molecular formula is C18H22NO2+. The van der Waals surface area contributed by atoms with Crippen LogP contribution >= 0.6 is 0 Å². The number of esters is 1. The molecule has 0 radical (unpaired) electrons. The Labute approximate surface area is 125 Å². The maximum absolute atomic E-state index is 12.2. The van der Waals surface area contributed by atoms with E-state index in [1.54, 1.807) is 0 Å². The Morgan fingerprint density at radius 1 is 1.00 bits per heavy atom. The molecule has 0 aliphatic heterocycles. The standard InChI is InChI=1S/C18H21NO2/c1-21-17(20)18(19,14-16-10-6-3-7-11-16)13-12-15-8-4-2-5-9-15/h2-11H,12-14,19H2,1H3/p+1. The molecule has 0 fully saturated rings. The minimum absolute atomic E-state index is 0.248. The van der Waals surface area contributed by atoms with Gasteiger partial charge in [0.25, 0.3) is 0 Å². The Bertz CT molecular complexity index is 568. The molecule has 0 spiro atoms. The number of hydrogen-bond donors (Lipinski definition) is 1. The lowest BCUT2D eigenvalue weighted by Gasteiger charge is -2.23. The quantitative estimate of drug-likeness (QED) is 0.825. The fraction of sp³-hybridized carbons (Fsp3) is 0.278. The molecule has 1 unspecified atom stereocenters. The molecule has 0 heterocycles. The highest BCUT2D eigenvalue weighted by molar-refractivity contribution is 5.79. The van der Waals surface area contributed by atoms with Gasteiger partial charge in [0.15, 0.2) is 5.54 Å². The number of quaternary nitrogens is 1. The number of aryl methyl sites for hydroxylation is 1. The third-order valence-electron chi connectivity index (χ3n) is 3.74. The Morgan fingerprint density at radius 3 is 2.05 bits per heavy atom. The summed E-state index contributed by atoms with van der Waals surface area (Å²) in [6.07, 6.45) is 2.07. The number of benzene rings is 2. The van der Waals surface area contributed by atoms with Gasteiger partial charge in [0.1, 0.15) is 0 Å². The largest absolute Gasteiger partial charge is 0.464 e. The molecule has 110 valence electrons. The van der Waals surface area contributed by atoms with Crippen LogP contribution in [-0.2, 0) is 22.4 Å². The van der Waals surface area contributed by atoms with Crippen LogP contribution in [0.5, 0.6) is 0 Å². The van der Waals surface area contributed by atoms with Crippen LogP contribution in [0.15, 0.2) is 60.7 Å². The van der Waals surface area contributed by atoms with Crippen LogP contribution in [0, 0.1) is 0 Å². The first-order valence-electron chi connectivity index (χ1n) is 7.16. The van der Waals surface area contributed by atoms with Crippen molar-refractivity contribution in [1.29, 1.82) is 0 Å². The van der Waals surface area contributed by atoms with Crippen molar-refractivity contribution in [2.45, 2.75) is 24.8 Å².